The molecule has 30 heavy (non-hydrogen) atoms. The number of ether oxygens (including phenoxy) is 1. The number of aliphatic hydroxyl groups is 1. The van der Waals surface area contributed by atoms with Crippen molar-refractivity contribution in [2.24, 2.45) is 0 Å². The van der Waals surface area contributed by atoms with E-state index in [4.69, 9.17) is 16.3 Å². The average molecular weight is 427 g/mol. The molecule has 0 aliphatic rings. The van der Waals surface area contributed by atoms with Gasteiger partial charge in [-0.25, -0.2) is 0 Å². The first kappa shape index (κ1) is 21.3. The monoisotopic (exact) mass is 426 g/mol. The number of nitro benzene ring substituents is 1. The fourth-order valence-electron chi connectivity index (χ4n) is 2.96. The van der Waals surface area contributed by atoms with Gasteiger partial charge in [0.15, 0.2) is 5.75 Å². The summed E-state index contributed by atoms with van der Waals surface area (Å²) in [6.07, 6.45) is -1.02. The van der Waals surface area contributed by atoms with Gasteiger partial charge in [0.1, 0.15) is 6.10 Å². The lowest BCUT2D eigenvalue weighted by Gasteiger charge is -2.17. The van der Waals surface area contributed by atoms with Crippen molar-refractivity contribution in [2.75, 3.05) is 11.9 Å². The van der Waals surface area contributed by atoms with Gasteiger partial charge in [-0.2, -0.15) is 0 Å². The summed E-state index contributed by atoms with van der Waals surface area (Å²) in [6.45, 7) is 1.97. The van der Waals surface area contributed by atoms with Crippen LogP contribution in [-0.2, 0) is 0 Å². The van der Waals surface area contributed by atoms with Crippen molar-refractivity contribution in [3.8, 4) is 5.75 Å². The van der Waals surface area contributed by atoms with E-state index in [9.17, 15) is 20.0 Å². The molecule has 7 nitrogen and oxygen atoms in total. The van der Waals surface area contributed by atoms with Gasteiger partial charge in [-0.3, -0.25) is 14.9 Å². The molecule has 8 heteroatoms. The SMILES string of the molecule is CCOc1ccc(C(=O)Nc2ccc(Cl)cc2[C@@H](O)c2ccccc2)cc1[N+](=O)[O-]. The normalized spacial score (nSPS) is 11.6. The molecule has 154 valence electrons. The minimum Gasteiger partial charge on any atom is -0.487 e. The van der Waals surface area contributed by atoms with Gasteiger partial charge in [0.05, 0.1) is 11.5 Å². The number of halogens is 1. The molecule has 3 aromatic carbocycles. The fraction of sp³-hybridized carbons (Fsp3) is 0.136. The summed E-state index contributed by atoms with van der Waals surface area (Å²) < 4.78 is 5.24. The Morgan fingerprint density at radius 1 is 1.17 bits per heavy atom. The van der Waals surface area contributed by atoms with E-state index in [1.807, 2.05) is 6.07 Å². The Labute approximate surface area is 178 Å². The van der Waals surface area contributed by atoms with Gasteiger partial charge in [0, 0.05) is 27.9 Å². The van der Waals surface area contributed by atoms with E-state index in [1.165, 1.54) is 12.1 Å². The Hall–Kier alpha value is -3.42. The number of hydrogen-bond acceptors (Lipinski definition) is 5. The molecule has 0 aliphatic heterocycles. The quantitative estimate of drug-likeness (QED) is 0.409. The predicted molar refractivity (Wildman–Crippen MR) is 114 cm³/mol. The summed E-state index contributed by atoms with van der Waals surface area (Å²) in [4.78, 5) is 23.5. The number of carbonyl (C=O) groups excluding carboxylic acids is 1. The van der Waals surface area contributed by atoms with Crippen molar-refractivity contribution in [3.63, 3.8) is 0 Å². The van der Waals surface area contributed by atoms with Crippen molar-refractivity contribution >= 4 is 28.9 Å². The Bertz CT molecular complexity index is 1070. The summed E-state index contributed by atoms with van der Waals surface area (Å²) in [5, 5.41) is 25.2. The van der Waals surface area contributed by atoms with Crippen LogP contribution in [0.25, 0.3) is 0 Å². The van der Waals surface area contributed by atoms with Crippen LogP contribution in [-0.4, -0.2) is 22.5 Å². The number of hydrogen-bond donors (Lipinski definition) is 2. The van der Waals surface area contributed by atoms with Crippen LogP contribution in [0.5, 0.6) is 5.75 Å². The van der Waals surface area contributed by atoms with Crippen LogP contribution in [0.1, 0.15) is 34.5 Å². The highest BCUT2D eigenvalue weighted by molar-refractivity contribution is 6.30. The summed E-state index contributed by atoms with van der Waals surface area (Å²) in [5.74, 6) is -0.476. The van der Waals surface area contributed by atoms with Crippen LogP contribution in [0.15, 0.2) is 66.7 Å². The Balaban J connectivity index is 1.92. The van der Waals surface area contributed by atoms with Crippen molar-refractivity contribution in [1.82, 2.24) is 0 Å². The van der Waals surface area contributed by atoms with Gasteiger partial charge in [-0.1, -0.05) is 41.9 Å². The van der Waals surface area contributed by atoms with E-state index in [2.05, 4.69) is 5.32 Å². The Kier molecular flexibility index (Phi) is 6.66. The molecule has 0 saturated carbocycles. The molecule has 1 amide bonds. The zero-order valence-electron chi connectivity index (χ0n) is 16.0. The summed E-state index contributed by atoms with van der Waals surface area (Å²) >= 11 is 6.09. The molecular weight excluding hydrogens is 408 g/mol. The first-order chi connectivity index (χ1) is 14.4. The molecule has 2 N–H and O–H groups in total. The van der Waals surface area contributed by atoms with E-state index in [1.54, 1.807) is 49.4 Å². The van der Waals surface area contributed by atoms with Crippen molar-refractivity contribution < 1.29 is 19.6 Å². The van der Waals surface area contributed by atoms with Crippen LogP contribution in [0.4, 0.5) is 11.4 Å². The highest BCUT2D eigenvalue weighted by Crippen LogP contribution is 2.32. The van der Waals surface area contributed by atoms with Gasteiger partial charge in [-0.05, 0) is 42.8 Å². The molecule has 3 aromatic rings. The highest BCUT2D eigenvalue weighted by Gasteiger charge is 2.21. The lowest BCUT2D eigenvalue weighted by molar-refractivity contribution is -0.385. The molecular formula is C22H19ClN2O5. The summed E-state index contributed by atoms with van der Waals surface area (Å²) in [5.41, 5.74) is 1.16. The van der Waals surface area contributed by atoms with E-state index in [0.717, 1.165) is 6.07 Å². The first-order valence-electron chi connectivity index (χ1n) is 9.15. The average Bonchev–Trinajstić information content (AvgIpc) is 2.75. The maximum atomic E-state index is 12.8. The number of rotatable bonds is 7. The third kappa shape index (κ3) is 4.76. The largest absolute Gasteiger partial charge is 0.487 e. The zero-order valence-corrected chi connectivity index (χ0v) is 16.8. The summed E-state index contributed by atoms with van der Waals surface area (Å²) in [6, 6.07) is 17.6. The van der Waals surface area contributed by atoms with Crippen molar-refractivity contribution in [3.05, 3.63) is 98.6 Å². The lowest BCUT2D eigenvalue weighted by Crippen LogP contribution is -2.15. The van der Waals surface area contributed by atoms with Crippen molar-refractivity contribution in [1.29, 1.82) is 0 Å². The standard InChI is InChI=1S/C22H19ClN2O5/c1-2-30-20-11-8-15(12-19(20)25(28)29)22(27)24-18-10-9-16(23)13-17(18)21(26)14-6-4-3-5-7-14/h3-13,21,26H,2H2,1H3,(H,24,27)/t21-/m0/s1. The molecule has 3 rings (SSSR count). The minimum absolute atomic E-state index is 0.0836. The van der Waals surface area contributed by atoms with Gasteiger partial charge >= 0.3 is 5.69 Å². The van der Waals surface area contributed by atoms with E-state index >= 15 is 0 Å². The van der Waals surface area contributed by atoms with Gasteiger partial charge in [0.2, 0.25) is 0 Å². The molecule has 0 aliphatic carbocycles. The second-order valence-electron chi connectivity index (χ2n) is 6.37. The first-order valence-corrected chi connectivity index (χ1v) is 9.53. The van der Waals surface area contributed by atoms with Crippen molar-refractivity contribution in [2.45, 2.75) is 13.0 Å². The van der Waals surface area contributed by atoms with Crippen LogP contribution in [0.2, 0.25) is 5.02 Å². The maximum absolute atomic E-state index is 12.8. The smallest absolute Gasteiger partial charge is 0.311 e. The highest BCUT2D eigenvalue weighted by atomic mass is 35.5. The number of carbonyl (C=O) groups is 1. The molecule has 0 heterocycles. The molecule has 0 aromatic heterocycles. The van der Waals surface area contributed by atoms with Crippen LogP contribution in [0.3, 0.4) is 0 Å². The number of aliphatic hydroxyl groups excluding tert-OH is 1. The van der Waals surface area contributed by atoms with Gasteiger partial charge < -0.3 is 15.2 Å². The molecule has 0 bridgehead atoms. The van der Waals surface area contributed by atoms with Gasteiger partial charge in [-0.15, -0.1) is 0 Å². The molecule has 0 fully saturated rings. The van der Waals surface area contributed by atoms with Crippen LogP contribution < -0.4 is 10.1 Å². The third-order valence-corrected chi connectivity index (χ3v) is 4.62. The number of benzene rings is 3. The van der Waals surface area contributed by atoms with Gasteiger partial charge in [0.25, 0.3) is 5.91 Å². The number of amides is 1. The zero-order chi connectivity index (χ0) is 21.7. The minimum atomic E-state index is -1.02. The second-order valence-corrected chi connectivity index (χ2v) is 6.81. The Morgan fingerprint density at radius 2 is 1.90 bits per heavy atom. The van der Waals surface area contributed by atoms with Crippen LogP contribution >= 0.6 is 11.6 Å². The number of nitrogens with one attached hydrogen (secondary N) is 1. The molecule has 1 atom stereocenters. The third-order valence-electron chi connectivity index (χ3n) is 4.39. The predicted octanol–water partition coefficient (Wildman–Crippen LogP) is 4.98. The van der Waals surface area contributed by atoms with E-state index in [0.29, 0.717) is 21.8 Å². The molecule has 0 unspecified atom stereocenters. The molecule has 0 spiro atoms. The van der Waals surface area contributed by atoms with E-state index < -0.39 is 16.9 Å². The fourth-order valence-corrected chi connectivity index (χ4v) is 3.14. The second kappa shape index (κ2) is 9.39. The number of anilines is 1. The number of nitro groups is 1. The van der Waals surface area contributed by atoms with Crippen LogP contribution in [0, 0.1) is 10.1 Å². The maximum Gasteiger partial charge on any atom is 0.311 e. The topological polar surface area (TPSA) is 102 Å². The number of nitrogens with zero attached hydrogens (tertiary/aromatic N) is 1. The van der Waals surface area contributed by atoms with E-state index in [-0.39, 0.29) is 23.6 Å². The summed E-state index contributed by atoms with van der Waals surface area (Å²) in [7, 11) is 0. The Morgan fingerprint density at radius 3 is 2.57 bits per heavy atom. The molecule has 0 saturated heterocycles. The lowest BCUT2D eigenvalue weighted by atomic mass is 9.99. The molecule has 0 radical (unpaired) electrons.